The van der Waals surface area contributed by atoms with Crippen LogP contribution in [0, 0.1) is 11.3 Å². The van der Waals surface area contributed by atoms with Gasteiger partial charge in [0.2, 0.25) is 0 Å². The summed E-state index contributed by atoms with van der Waals surface area (Å²) in [7, 11) is 2.13. The second-order valence-corrected chi connectivity index (χ2v) is 12.9. The lowest BCUT2D eigenvalue weighted by molar-refractivity contribution is -0.128. The number of hydrogen-bond donors (Lipinski definition) is 0. The van der Waals surface area contributed by atoms with Crippen LogP contribution in [0.2, 0.25) is 5.02 Å². The molecule has 3 aliphatic heterocycles. The van der Waals surface area contributed by atoms with E-state index >= 15 is 0 Å². The first-order valence-electron chi connectivity index (χ1n) is 16.2. The van der Waals surface area contributed by atoms with Gasteiger partial charge < -0.3 is 28.9 Å². The van der Waals surface area contributed by atoms with E-state index in [-0.39, 0.29) is 18.4 Å². The molecule has 0 aliphatic carbocycles. The summed E-state index contributed by atoms with van der Waals surface area (Å²) >= 11 is 6.73. The van der Waals surface area contributed by atoms with Crippen LogP contribution in [0.1, 0.15) is 30.5 Å². The standard InChI is InChI=1S/C35H38ClN9O2/c1-24(44-17-14-38-23-44)34(46)45-19-18-43(20-26(45)11-13-37)33-28-12-16-42(31-10-4-7-25-6-3-9-29(36)32(25)31)21-30(28)39-35(40-33)47-22-27-8-5-15-41(27)2/h3-4,6-7,9-10,14,17,23,26-27H,1,5,8,11-12,15-16,18-22H2,2H3/t26-,27-/m0/s1. The van der Waals surface area contributed by atoms with E-state index in [4.69, 9.17) is 26.3 Å². The summed E-state index contributed by atoms with van der Waals surface area (Å²) in [4.78, 5) is 36.2. The van der Waals surface area contributed by atoms with Gasteiger partial charge in [-0.2, -0.15) is 15.2 Å². The van der Waals surface area contributed by atoms with Crippen LogP contribution in [-0.4, -0.2) is 93.7 Å². The maximum absolute atomic E-state index is 13.5. The fourth-order valence-electron chi connectivity index (χ4n) is 7.11. The average Bonchev–Trinajstić information content (AvgIpc) is 3.78. The number of aromatic nitrogens is 4. The highest BCUT2D eigenvalue weighted by Crippen LogP contribution is 2.37. The van der Waals surface area contributed by atoms with Gasteiger partial charge >= 0.3 is 6.01 Å². The largest absolute Gasteiger partial charge is 0.462 e. The highest BCUT2D eigenvalue weighted by atomic mass is 35.5. The Morgan fingerprint density at radius 3 is 2.72 bits per heavy atom. The molecule has 3 aliphatic rings. The number of nitrogens with zero attached hydrogens (tertiary/aromatic N) is 9. The molecular weight excluding hydrogens is 614 g/mol. The van der Waals surface area contributed by atoms with Crippen molar-refractivity contribution in [3.63, 3.8) is 0 Å². The molecule has 242 valence electrons. The summed E-state index contributed by atoms with van der Waals surface area (Å²) < 4.78 is 7.94. The molecule has 2 aromatic carbocycles. The second-order valence-electron chi connectivity index (χ2n) is 12.5. The monoisotopic (exact) mass is 651 g/mol. The third-order valence-electron chi connectivity index (χ3n) is 9.70. The smallest absolute Gasteiger partial charge is 0.318 e. The van der Waals surface area contributed by atoms with Crippen LogP contribution >= 0.6 is 11.6 Å². The number of anilines is 2. The molecule has 12 heteroatoms. The highest BCUT2D eigenvalue weighted by Gasteiger charge is 2.35. The minimum atomic E-state index is -0.332. The highest BCUT2D eigenvalue weighted by molar-refractivity contribution is 6.36. The number of benzene rings is 2. The zero-order valence-electron chi connectivity index (χ0n) is 26.6. The molecule has 4 aromatic rings. The molecule has 2 fully saturated rings. The zero-order chi connectivity index (χ0) is 32.5. The van der Waals surface area contributed by atoms with Crippen molar-refractivity contribution in [2.45, 2.75) is 44.3 Å². The number of nitriles is 1. The number of rotatable bonds is 8. The molecule has 0 unspecified atom stereocenters. The van der Waals surface area contributed by atoms with E-state index in [2.05, 4.69) is 63.6 Å². The second kappa shape index (κ2) is 13.2. The van der Waals surface area contributed by atoms with Gasteiger partial charge in [-0.3, -0.25) is 4.79 Å². The van der Waals surface area contributed by atoms with Crippen LogP contribution in [0.4, 0.5) is 11.5 Å². The number of likely N-dealkylation sites (N-methyl/N-ethyl adjacent to an activating group) is 1. The van der Waals surface area contributed by atoms with Crippen molar-refractivity contribution >= 4 is 45.5 Å². The van der Waals surface area contributed by atoms with Crippen molar-refractivity contribution in [1.82, 2.24) is 29.3 Å². The molecule has 0 N–H and O–H groups in total. The molecule has 11 nitrogen and oxygen atoms in total. The lowest BCUT2D eigenvalue weighted by Crippen LogP contribution is -2.56. The van der Waals surface area contributed by atoms with Crippen LogP contribution in [0.5, 0.6) is 6.01 Å². The number of likely N-dealkylation sites (tertiary alicyclic amines) is 1. The summed E-state index contributed by atoms with van der Waals surface area (Å²) in [5.74, 6) is 0.616. The van der Waals surface area contributed by atoms with Gasteiger partial charge in [0.1, 0.15) is 18.1 Å². The summed E-state index contributed by atoms with van der Waals surface area (Å²) in [6, 6.07) is 14.9. The summed E-state index contributed by atoms with van der Waals surface area (Å²) in [6.07, 6.45) is 8.03. The maximum atomic E-state index is 13.5. The first-order valence-corrected chi connectivity index (χ1v) is 16.5. The molecule has 0 saturated carbocycles. The Kier molecular flexibility index (Phi) is 8.71. The number of halogens is 1. The van der Waals surface area contributed by atoms with E-state index < -0.39 is 0 Å². The van der Waals surface area contributed by atoms with Gasteiger partial charge in [0.05, 0.1) is 42.1 Å². The Morgan fingerprint density at radius 1 is 1.11 bits per heavy atom. The van der Waals surface area contributed by atoms with Crippen molar-refractivity contribution in [2.75, 3.05) is 56.2 Å². The third-order valence-corrected chi connectivity index (χ3v) is 10.0. The van der Waals surface area contributed by atoms with Gasteiger partial charge in [-0.05, 0) is 50.4 Å². The van der Waals surface area contributed by atoms with E-state index in [1.54, 1.807) is 28.2 Å². The summed E-state index contributed by atoms with van der Waals surface area (Å²) in [6.45, 7) is 8.40. The number of piperazine rings is 1. The van der Waals surface area contributed by atoms with Gasteiger partial charge in [0, 0.05) is 61.3 Å². The first kappa shape index (κ1) is 31.0. The van der Waals surface area contributed by atoms with E-state index in [1.165, 1.54) is 0 Å². The summed E-state index contributed by atoms with van der Waals surface area (Å²) in [5, 5.41) is 12.6. The van der Waals surface area contributed by atoms with Crippen LogP contribution in [-0.2, 0) is 17.8 Å². The van der Waals surface area contributed by atoms with Crippen molar-refractivity contribution in [3.05, 3.63) is 78.0 Å². The molecule has 2 saturated heterocycles. The topological polar surface area (TPSA) is 107 Å². The maximum Gasteiger partial charge on any atom is 0.318 e. The molecule has 0 spiro atoms. The average molecular weight is 652 g/mol. The lowest BCUT2D eigenvalue weighted by Gasteiger charge is -2.42. The first-order chi connectivity index (χ1) is 22.9. The van der Waals surface area contributed by atoms with Gasteiger partial charge in [-0.25, -0.2) is 4.98 Å². The third kappa shape index (κ3) is 6.11. The summed E-state index contributed by atoms with van der Waals surface area (Å²) in [5.41, 5.74) is 3.38. The fraction of sp³-hybridized carbons (Fsp3) is 0.400. The molecule has 1 amide bonds. The quantitative estimate of drug-likeness (QED) is 0.252. The number of carbonyl (C=O) groups is 1. The predicted octanol–water partition coefficient (Wildman–Crippen LogP) is 4.62. The minimum Gasteiger partial charge on any atom is -0.462 e. The fourth-order valence-corrected chi connectivity index (χ4v) is 7.39. The minimum absolute atomic E-state index is 0.194. The van der Waals surface area contributed by atoms with Crippen molar-refractivity contribution < 1.29 is 9.53 Å². The Hall–Kier alpha value is -4.66. The van der Waals surface area contributed by atoms with Gasteiger partial charge in [-0.15, -0.1) is 0 Å². The number of amides is 1. The van der Waals surface area contributed by atoms with Crippen LogP contribution in [0.25, 0.3) is 16.5 Å². The normalized spacial score (nSPS) is 19.9. The Bertz CT molecular complexity index is 1830. The Morgan fingerprint density at radius 2 is 1.96 bits per heavy atom. The van der Waals surface area contributed by atoms with Crippen molar-refractivity contribution in [2.24, 2.45) is 0 Å². The van der Waals surface area contributed by atoms with Crippen LogP contribution in [0.15, 0.2) is 61.7 Å². The van der Waals surface area contributed by atoms with E-state index in [0.29, 0.717) is 50.5 Å². The Labute approximate surface area is 279 Å². The van der Waals surface area contributed by atoms with Gasteiger partial charge in [0.15, 0.2) is 0 Å². The van der Waals surface area contributed by atoms with Crippen molar-refractivity contribution in [1.29, 1.82) is 5.26 Å². The number of fused-ring (bicyclic) bond motifs is 2. The van der Waals surface area contributed by atoms with Gasteiger partial charge in [-0.1, -0.05) is 42.4 Å². The van der Waals surface area contributed by atoms with Crippen LogP contribution in [0.3, 0.4) is 0 Å². The Balaban J connectivity index is 1.20. The predicted molar refractivity (Wildman–Crippen MR) is 182 cm³/mol. The molecule has 2 aromatic heterocycles. The number of imidazole rings is 1. The number of ether oxygens (including phenoxy) is 1. The lowest BCUT2D eigenvalue weighted by atomic mass is 10.0. The molecule has 5 heterocycles. The molecule has 0 bridgehead atoms. The number of hydrogen-bond acceptors (Lipinski definition) is 9. The molecule has 2 atom stereocenters. The van der Waals surface area contributed by atoms with E-state index in [0.717, 1.165) is 70.9 Å². The molecule has 7 rings (SSSR count). The molecule has 47 heavy (non-hydrogen) atoms. The van der Waals surface area contributed by atoms with Gasteiger partial charge in [0.25, 0.3) is 5.91 Å². The van der Waals surface area contributed by atoms with Crippen LogP contribution < -0.4 is 14.5 Å². The van der Waals surface area contributed by atoms with E-state index in [1.807, 2.05) is 12.1 Å². The number of carbonyl (C=O) groups excluding carboxylic acids is 1. The van der Waals surface area contributed by atoms with Crippen molar-refractivity contribution in [3.8, 4) is 12.1 Å². The zero-order valence-corrected chi connectivity index (χ0v) is 27.3. The molecular formula is C35H38ClN9O2. The SMILES string of the molecule is C=C(C(=O)N1CCN(c2nc(OC[C@@H]3CCCN3C)nc3c2CCN(c2cccc4cccc(Cl)c24)C3)C[C@@H]1CC#N)n1ccnc1. The molecule has 0 radical (unpaired) electrons. The van der Waals surface area contributed by atoms with E-state index in [9.17, 15) is 10.1 Å².